The standard InChI is InChI=1S/C15H13BrF3N/c1-20-15(10-2-3-14(19)13(16)7-10)6-9-4-11(17)8-12(18)5-9/h2-5,7-8,15,20H,6H2,1H3. The summed E-state index contributed by atoms with van der Waals surface area (Å²) in [6, 6.07) is 7.94. The molecule has 2 aromatic carbocycles. The number of hydrogen-bond donors (Lipinski definition) is 1. The second kappa shape index (κ2) is 6.41. The molecule has 0 aliphatic heterocycles. The van der Waals surface area contributed by atoms with Gasteiger partial charge in [0, 0.05) is 12.1 Å². The summed E-state index contributed by atoms with van der Waals surface area (Å²) < 4.78 is 40.0. The van der Waals surface area contributed by atoms with Crippen molar-refractivity contribution < 1.29 is 13.2 Å². The second-order valence-corrected chi connectivity index (χ2v) is 5.35. The first kappa shape index (κ1) is 15.1. The third-order valence-electron chi connectivity index (χ3n) is 3.06. The van der Waals surface area contributed by atoms with Crippen molar-refractivity contribution in [3.05, 3.63) is 69.4 Å². The molecule has 0 saturated carbocycles. The minimum atomic E-state index is -0.602. The Morgan fingerprint density at radius 2 is 1.70 bits per heavy atom. The molecule has 2 rings (SSSR count). The Labute approximate surface area is 123 Å². The van der Waals surface area contributed by atoms with Crippen molar-refractivity contribution in [3.63, 3.8) is 0 Å². The molecular formula is C15H13BrF3N. The molecular weight excluding hydrogens is 331 g/mol. The van der Waals surface area contributed by atoms with Gasteiger partial charge in [-0.1, -0.05) is 6.07 Å². The fourth-order valence-corrected chi connectivity index (χ4v) is 2.48. The molecule has 0 aliphatic rings. The average Bonchev–Trinajstić information content (AvgIpc) is 2.38. The van der Waals surface area contributed by atoms with Gasteiger partial charge in [-0.2, -0.15) is 0 Å². The van der Waals surface area contributed by atoms with Crippen LogP contribution in [0, 0.1) is 17.5 Å². The van der Waals surface area contributed by atoms with Gasteiger partial charge in [0.1, 0.15) is 17.5 Å². The molecule has 20 heavy (non-hydrogen) atoms. The minimum Gasteiger partial charge on any atom is -0.313 e. The first-order valence-corrected chi connectivity index (χ1v) is 6.86. The fraction of sp³-hybridized carbons (Fsp3) is 0.200. The van der Waals surface area contributed by atoms with E-state index in [1.165, 1.54) is 18.2 Å². The summed E-state index contributed by atoms with van der Waals surface area (Å²) in [6.45, 7) is 0. The summed E-state index contributed by atoms with van der Waals surface area (Å²) in [6.07, 6.45) is 0.406. The van der Waals surface area contributed by atoms with E-state index in [4.69, 9.17) is 0 Å². The first-order chi connectivity index (χ1) is 9.49. The zero-order valence-electron chi connectivity index (χ0n) is 10.8. The maximum atomic E-state index is 13.2. The highest BCUT2D eigenvalue weighted by Crippen LogP contribution is 2.24. The van der Waals surface area contributed by atoms with Crippen LogP contribution in [0.2, 0.25) is 0 Å². The third-order valence-corrected chi connectivity index (χ3v) is 3.66. The zero-order valence-corrected chi connectivity index (χ0v) is 12.3. The van der Waals surface area contributed by atoms with E-state index < -0.39 is 11.6 Å². The van der Waals surface area contributed by atoms with Gasteiger partial charge in [-0.05, 0) is 64.8 Å². The van der Waals surface area contributed by atoms with Crippen LogP contribution in [0.1, 0.15) is 17.2 Å². The van der Waals surface area contributed by atoms with Gasteiger partial charge in [0.25, 0.3) is 0 Å². The lowest BCUT2D eigenvalue weighted by Crippen LogP contribution is -2.19. The van der Waals surface area contributed by atoms with Crippen LogP contribution in [0.25, 0.3) is 0 Å². The predicted molar refractivity (Wildman–Crippen MR) is 76.0 cm³/mol. The summed E-state index contributed by atoms with van der Waals surface area (Å²) in [5.41, 5.74) is 1.38. The zero-order chi connectivity index (χ0) is 14.7. The van der Waals surface area contributed by atoms with Gasteiger partial charge in [-0.3, -0.25) is 0 Å². The van der Waals surface area contributed by atoms with Crippen molar-refractivity contribution in [1.29, 1.82) is 0 Å². The van der Waals surface area contributed by atoms with E-state index in [2.05, 4.69) is 21.2 Å². The molecule has 0 aliphatic carbocycles. The van der Waals surface area contributed by atoms with E-state index >= 15 is 0 Å². The number of nitrogens with one attached hydrogen (secondary N) is 1. The van der Waals surface area contributed by atoms with E-state index in [1.54, 1.807) is 19.2 Å². The third kappa shape index (κ3) is 3.61. The van der Waals surface area contributed by atoms with Gasteiger partial charge in [0.2, 0.25) is 0 Å². The lowest BCUT2D eigenvalue weighted by molar-refractivity contribution is 0.560. The summed E-state index contributed by atoms with van der Waals surface area (Å²) in [5, 5.41) is 3.06. The van der Waals surface area contributed by atoms with E-state index in [1.807, 2.05) is 0 Å². The van der Waals surface area contributed by atoms with E-state index in [-0.39, 0.29) is 11.9 Å². The summed E-state index contributed by atoms with van der Waals surface area (Å²) in [4.78, 5) is 0. The Bertz CT molecular complexity index is 596. The van der Waals surface area contributed by atoms with E-state index in [0.717, 1.165) is 11.6 Å². The summed E-state index contributed by atoms with van der Waals surface area (Å²) in [5.74, 6) is -1.55. The van der Waals surface area contributed by atoms with Crippen LogP contribution in [0.3, 0.4) is 0 Å². The maximum Gasteiger partial charge on any atom is 0.137 e. The lowest BCUT2D eigenvalue weighted by atomic mass is 9.99. The Hall–Kier alpha value is -1.33. The fourth-order valence-electron chi connectivity index (χ4n) is 2.08. The first-order valence-electron chi connectivity index (χ1n) is 6.07. The number of rotatable bonds is 4. The summed E-state index contributed by atoms with van der Waals surface area (Å²) >= 11 is 3.13. The molecule has 0 heterocycles. The molecule has 106 valence electrons. The molecule has 0 saturated heterocycles. The highest BCUT2D eigenvalue weighted by atomic mass is 79.9. The number of hydrogen-bond acceptors (Lipinski definition) is 1. The maximum absolute atomic E-state index is 13.2. The van der Waals surface area contributed by atoms with Gasteiger partial charge < -0.3 is 5.32 Å². The molecule has 1 unspecified atom stereocenters. The average molecular weight is 344 g/mol. The van der Waals surface area contributed by atoms with Crippen molar-refractivity contribution in [2.45, 2.75) is 12.5 Å². The quantitative estimate of drug-likeness (QED) is 0.869. The van der Waals surface area contributed by atoms with Crippen molar-refractivity contribution in [2.24, 2.45) is 0 Å². The van der Waals surface area contributed by atoms with Crippen molar-refractivity contribution in [2.75, 3.05) is 7.05 Å². The Kier molecular flexibility index (Phi) is 4.83. The van der Waals surface area contributed by atoms with Crippen molar-refractivity contribution >= 4 is 15.9 Å². The smallest absolute Gasteiger partial charge is 0.137 e. The second-order valence-electron chi connectivity index (χ2n) is 4.50. The molecule has 0 amide bonds. The topological polar surface area (TPSA) is 12.0 Å². The largest absolute Gasteiger partial charge is 0.313 e. The molecule has 1 atom stereocenters. The van der Waals surface area contributed by atoms with E-state index in [9.17, 15) is 13.2 Å². The normalized spacial score (nSPS) is 12.4. The Balaban J connectivity index is 2.26. The van der Waals surface area contributed by atoms with Gasteiger partial charge in [0.15, 0.2) is 0 Å². The van der Waals surface area contributed by atoms with E-state index in [0.29, 0.717) is 16.5 Å². The van der Waals surface area contributed by atoms with Crippen molar-refractivity contribution in [3.8, 4) is 0 Å². The Morgan fingerprint density at radius 3 is 2.25 bits per heavy atom. The molecule has 0 bridgehead atoms. The SMILES string of the molecule is CNC(Cc1cc(F)cc(F)c1)c1ccc(F)c(Br)c1. The van der Waals surface area contributed by atoms with Crippen LogP contribution in [-0.4, -0.2) is 7.05 Å². The predicted octanol–water partition coefficient (Wildman–Crippen LogP) is 4.37. The highest BCUT2D eigenvalue weighted by Gasteiger charge is 2.13. The van der Waals surface area contributed by atoms with Gasteiger partial charge in [-0.25, -0.2) is 13.2 Å². The highest BCUT2D eigenvalue weighted by molar-refractivity contribution is 9.10. The van der Waals surface area contributed by atoms with Gasteiger partial charge >= 0.3 is 0 Å². The molecule has 1 nitrogen and oxygen atoms in total. The van der Waals surface area contributed by atoms with Crippen LogP contribution < -0.4 is 5.32 Å². The lowest BCUT2D eigenvalue weighted by Gasteiger charge is -2.17. The summed E-state index contributed by atoms with van der Waals surface area (Å²) in [7, 11) is 1.75. The molecule has 0 aromatic heterocycles. The monoisotopic (exact) mass is 343 g/mol. The van der Waals surface area contributed by atoms with Gasteiger partial charge in [-0.15, -0.1) is 0 Å². The molecule has 0 spiro atoms. The Morgan fingerprint density at radius 1 is 1.05 bits per heavy atom. The molecule has 5 heteroatoms. The van der Waals surface area contributed by atoms with Crippen LogP contribution in [0.15, 0.2) is 40.9 Å². The van der Waals surface area contributed by atoms with Gasteiger partial charge in [0.05, 0.1) is 4.47 Å². The van der Waals surface area contributed by atoms with Crippen LogP contribution >= 0.6 is 15.9 Å². The molecule has 2 aromatic rings. The number of likely N-dealkylation sites (N-methyl/N-ethyl adjacent to an activating group) is 1. The number of benzene rings is 2. The minimum absolute atomic E-state index is 0.159. The van der Waals surface area contributed by atoms with Crippen LogP contribution in [0.5, 0.6) is 0 Å². The molecule has 0 fully saturated rings. The van der Waals surface area contributed by atoms with Crippen molar-refractivity contribution in [1.82, 2.24) is 5.32 Å². The van der Waals surface area contributed by atoms with Crippen LogP contribution in [-0.2, 0) is 6.42 Å². The number of halogens is 4. The molecule has 1 N–H and O–H groups in total. The molecule has 0 radical (unpaired) electrons. The van der Waals surface area contributed by atoms with Crippen LogP contribution in [0.4, 0.5) is 13.2 Å².